The molecule has 1 aromatic rings. The van der Waals surface area contributed by atoms with Crippen LogP contribution in [0.2, 0.25) is 0 Å². The molecule has 10 heteroatoms. The first-order valence-corrected chi connectivity index (χ1v) is 12.3. The summed E-state index contributed by atoms with van der Waals surface area (Å²) in [5.74, 6) is -5.30. The molecule has 1 aliphatic carbocycles. The van der Waals surface area contributed by atoms with Gasteiger partial charge in [-0.05, 0) is 54.5 Å². The highest BCUT2D eigenvalue weighted by atomic mass is 19.1. The van der Waals surface area contributed by atoms with E-state index in [-0.39, 0.29) is 19.4 Å². The summed E-state index contributed by atoms with van der Waals surface area (Å²) >= 11 is 0. The second-order valence-electron chi connectivity index (χ2n) is 9.42. The number of aliphatic hydroxyl groups excluding tert-OH is 2. The van der Waals surface area contributed by atoms with Crippen LogP contribution in [0.25, 0.3) is 6.08 Å². The Labute approximate surface area is 215 Å². The maximum atomic E-state index is 13.8. The zero-order valence-corrected chi connectivity index (χ0v) is 21.3. The highest BCUT2D eigenvalue weighted by Crippen LogP contribution is 2.46. The van der Waals surface area contributed by atoms with E-state index in [1.165, 1.54) is 19.2 Å². The molecule has 1 aliphatic heterocycles. The Hall–Kier alpha value is -3.08. The number of amides is 3. The molecule has 0 spiro atoms. The number of imide groups is 3. The number of fused-ring (bicyclic) bond motifs is 1. The molecule has 3 N–H and O–H groups in total. The van der Waals surface area contributed by atoms with Crippen molar-refractivity contribution in [3.05, 3.63) is 46.3 Å². The molecular weight excluding hydrogens is 485 g/mol. The average molecular weight is 520 g/mol. The van der Waals surface area contributed by atoms with Crippen LogP contribution in [0.3, 0.4) is 0 Å². The number of hydrogen-bond donors (Lipinski definition) is 3. The smallest absolute Gasteiger partial charge is 0.423 e. The number of phenolic OH excluding ortho intramolecular Hbond substituents is 1. The monoisotopic (exact) mass is 519 g/mol. The van der Waals surface area contributed by atoms with Gasteiger partial charge in [-0.3, -0.25) is 9.59 Å². The van der Waals surface area contributed by atoms with Crippen molar-refractivity contribution in [2.24, 2.45) is 17.8 Å². The van der Waals surface area contributed by atoms with Gasteiger partial charge in [0.25, 0.3) is 0 Å². The SMILES string of the molecule is CCC/C(=C\c1ccc(O)c(F)c1)CC[C@@H](O)C1=C(COC)C[C@H]2C(=O)N(C(=O)OC)C(=O)[C@H]2[C@H]1CO. The number of carbonyl (C=O) groups is 3. The van der Waals surface area contributed by atoms with E-state index in [1.54, 1.807) is 6.07 Å². The van der Waals surface area contributed by atoms with Gasteiger partial charge >= 0.3 is 6.09 Å². The van der Waals surface area contributed by atoms with Crippen LogP contribution < -0.4 is 0 Å². The van der Waals surface area contributed by atoms with Crippen LogP contribution in [-0.4, -0.2) is 71.7 Å². The Morgan fingerprint density at radius 3 is 2.57 bits per heavy atom. The van der Waals surface area contributed by atoms with E-state index in [0.717, 1.165) is 19.1 Å². The highest BCUT2D eigenvalue weighted by Gasteiger charge is 2.57. The van der Waals surface area contributed by atoms with Gasteiger partial charge in [0.15, 0.2) is 11.6 Å². The van der Waals surface area contributed by atoms with E-state index >= 15 is 0 Å². The Morgan fingerprint density at radius 2 is 1.97 bits per heavy atom. The maximum Gasteiger partial charge on any atom is 0.423 e. The van der Waals surface area contributed by atoms with Crippen molar-refractivity contribution in [2.45, 2.75) is 45.1 Å². The number of nitrogens with zero attached hydrogens (tertiary/aromatic N) is 1. The maximum absolute atomic E-state index is 13.8. The number of methoxy groups -OCH3 is 2. The highest BCUT2D eigenvalue weighted by molar-refractivity contribution is 6.16. The van der Waals surface area contributed by atoms with Crippen LogP contribution in [0.15, 0.2) is 34.9 Å². The van der Waals surface area contributed by atoms with Gasteiger partial charge in [-0.2, -0.15) is 4.90 Å². The molecule has 4 atom stereocenters. The lowest BCUT2D eigenvalue weighted by atomic mass is 9.68. The average Bonchev–Trinajstić information content (AvgIpc) is 3.12. The minimum absolute atomic E-state index is 0.0935. The Morgan fingerprint density at radius 1 is 1.24 bits per heavy atom. The molecule has 2 aliphatic rings. The van der Waals surface area contributed by atoms with Gasteiger partial charge < -0.3 is 24.8 Å². The van der Waals surface area contributed by atoms with Crippen molar-refractivity contribution >= 4 is 24.0 Å². The molecular formula is C27H34FNO8. The van der Waals surface area contributed by atoms with Crippen LogP contribution in [0.4, 0.5) is 9.18 Å². The van der Waals surface area contributed by atoms with Crippen LogP contribution in [-0.2, 0) is 19.1 Å². The van der Waals surface area contributed by atoms with Crippen molar-refractivity contribution in [1.82, 2.24) is 4.90 Å². The Balaban J connectivity index is 1.88. The molecule has 1 fully saturated rings. The number of aromatic hydroxyl groups is 1. The van der Waals surface area contributed by atoms with Crippen LogP contribution in [0.5, 0.6) is 5.75 Å². The van der Waals surface area contributed by atoms with Gasteiger partial charge in [-0.25, -0.2) is 9.18 Å². The first kappa shape index (κ1) is 28.5. The second kappa shape index (κ2) is 12.4. The summed E-state index contributed by atoms with van der Waals surface area (Å²) in [6.45, 7) is 1.59. The number of hydrogen-bond acceptors (Lipinski definition) is 8. The Bertz CT molecular complexity index is 1100. The molecule has 37 heavy (non-hydrogen) atoms. The van der Waals surface area contributed by atoms with Gasteiger partial charge in [-0.1, -0.05) is 31.1 Å². The minimum atomic E-state index is -1.07. The molecule has 0 saturated carbocycles. The number of benzene rings is 1. The molecule has 1 aromatic carbocycles. The van der Waals surface area contributed by atoms with Gasteiger partial charge in [0.1, 0.15) is 0 Å². The topological polar surface area (TPSA) is 134 Å². The zero-order valence-electron chi connectivity index (χ0n) is 21.3. The van der Waals surface area contributed by atoms with E-state index in [0.29, 0.717) is 34.5 Å². The molecule has 0 unspecified atom stereocenters. The number of likely N-dealkylation sites (tertiary alicyclic amines) is 1. The number of carbonyl (C=O) groups excluding carboxylic acids is 3. The van der Waals surface area contributed by atoms with E-state index in [9.17, 15) is 34.1 Å². The number of rotatable bonds is 10. The predicted molar refractivity (Wildman–Crippen MR) is 132 cm³/mol. The second-order valence-corrected chi connectivity index (χ2v) is 9.42. The van der Waals surface area contributed by atoms with Gasteiger partial charge in [0, 0.05) is 13.0 Å². The van der Waals surface area contributed by atoms with Gasteiger partial charge in [0.05, 0.1) is 38.3 Å². The van der Waals surface area contributed by atoms with Crippen molar-refractivity contribution in [1.29, 1.82) is 0 Å². The molecule has 0 aromatic heterocycles. The summed E-state index contributed by atoms with van der Waals surface area (Å²) in [7, 11) is 2.55. The van der Waals surface area contributed by atoms with E-state index in [4.69, 9.17) is 4.74 Å². The fourth-order valence-corrected chi connectivity index (χ4v) is 5.45. The molecule has 0 radical (unpaired) electrons. The third kappa shape index (κ3) is 5.92. The summed E-state index contributed by atoms with van der Waals surface area (Å²) in [4.78, 5) is 38.5. The molecule has 1 heterocycles. The molecule has 9 nitrogen and oxygen atoms in total. The molecule has 202 valence electrons. The third-order valence-corrected chi connectivity index (χ3v) is 7.07. The van der Waals surface area contributed by atoms with Crippen molar-refractivity contribution in [2.75, 3.05) is 27.4 Å². The van der Waals surface area contributed by atoms with E-state index in [1.807, 2.05) is 13.0 Å². The number of phenols is 1. The summed E-state index contributed by atoms with van der Waals surface area (Å²) in [6.07, 6.45) is 2.05. The summed E-state index contributed by atoms with van der Waals surface area (Å²) in [5.41, 5.74) is 2.60. The van der Waals surface area contributed by atoms with Crippen molar-refractivity contribution < 1.29 is 43.6 Å². The van der Waals surface area contributed by atoms with Crippen LogP contribution in [0.1, 0.15) is 44.6 Å². The van der Waals surface area contributed by atoms with E-state index in [2.05, 4.69) is 4.74 Å². The summed E-state index contributed by atoms with van der Waals surface area (Å²) in [6, 6.07) is 4.12. The Kier molecular flexibility index (Phi) is 9.58. The fraction of sp³-hybridized carbons (Fsp3) is 0.519. The largest absolute Gasteiger partial charge is 0.505 e. The predicted octanol–water partition coefficient (Wildman–Crippen LogP) is 3.18. The summed E-state index contributed by atoms with van der Waals surface area (Å²) < 4.78 is 23.7. The third-order valence-electron chi connectivity index (χ3n) is 7.07. The molecule has 0 bridgehead atoms. The fourth-order valence-electron chi connectivity index (χ4n) is 5.45. The normalized spacial score (nSPS) is 22.9. The minimum Gasteiger partial charge on any atom is -0.505 e. The number of halogens is 1. The molecule has 1 saturated heterocycles. The van der Waals surface area contributed by atoms with Crippen molar-refractivity contribution in [3.8, 4) is 5.75 Å². The number of aliphatic hydroxyl groups is 2. The lowest BCUT2D eigenvalue weighted by molar-refractivity contribution is -0.137. The number of allylic oxidation sites excluding steroid dienone is 1. The summed E-state index contributed by atoms with van der Waals surface area (Å²) in [5, 5.41) is 31.0. The van der Waals surface area contributed by atoms with E-state index < -0.39 is 59.9 Å². The van der Waals surface area contributed by atoms with Crippen molar-refractivity contribution in [3.63, 3.8) is 0 Å². The van der Waals surface area contributed by atoms with Gasteiger partial charge in [0.2, 0.25) is 11.8 Å². The zero-order chi connectivity index (χ0) is 27.3. The van der Waals surface area contributed by atoms with Crippen LogP contribution >= 0.6 is 0 Å². The standard InChI is InChI=1S/C27H34FNO8/c1-4-5-15(10-16-7-8-21(31)20(28)11-16)6-9-22(32)23-17(14-36-2)12-18-24(19(23)13-30)26(34)29(25(18)33)27(35)37-3/h7-8,10-11,18-19,22,24,30-32H,4-6,9,12-14H2,1-3H3/b15-10+/t18-,19+,22-,24-/m1/s1. The molecule has 3 amide bonds. The first-order chi connectivity index (χ1) is 17.7. The lowest BCUT2D eigenvalue weighted by Crippen LogP contribution is -2.40. The molecule has 3 rings (SSSR count). The number of ether oxygens (including phenoxy) is 2. The van der Waals surface area contributed by atoms with Crippen LogP contribution in [0, 0.1) is 23.6 Å². The van der Waals surface area contributed by atoms with Gasteiger partial charge in [-0.15, -0.1) is 0 Å². The quantitative estimate of drug-likeness (QED) is 0.317. The first-order valence-electron chi connectivity index (χ1n) is 12.3. The lowest BCUT2D eigenvalue weighted by Gasteiger charge is -2.36.